The highest BCUT2D eigenvalue weighted by Gasteiger charge is 2.35. The number of amides is 1. The van der Waals surface area contributed by atoms with Crippen molar-refractivity contribution in [1.82, 2.24) is 15.0 Å². The number of halogens is 1. The van der Waals surface area contributed by atoms with Crippen LogP contribution in [0.5, 0.6) is 5.75 Å². The first-order chi connectivity index (χ1) is 14.9. The zero-order valence-electron chi connectivity index (χ0n) is 16.8. The second-order valence-corrected chi connectivity index (χ2v) is 7.70. The lowest BCUT2D eigenvalue weighted by atomic mass is 10.1. The van der Waals surface area contributed by atoms with Gasteiger partial charge in [0.05, 0.1) is 11.9 Å². The fourth-order valence-corrected chi connectivity index (χ4v) is 3.29. The maximum Gasteiger partial charge on any atom is 0.268 e. The molecule has 3 heterocycles. The summed E-state index contributed by atoms with van der Waals surface area (Å²) in [6, 6.07) is 12.8. The standard InChI is InChI=1S/C22H19FN6O2/c1-22(2)20(30)28-17-10-13(5-6-18(17)31-22)26-19-15(23)11-25-21(29-19)27-14-4-3-12-7-8-24-16(12)9-14/h3-11,24H,1-2H3,(H,28,30)(H2,25,26,27,29). The average Bonchev–Trinajstić information content (AvgIpc) is 3.19. The van der Waals surface area contributed by atoms with Crippen molar-refractivity contribution >= 4 is 45.6 Å². The number of hydrogen-bond acceptors (Lipinski definition) is 6. The number of rotatable bonds is 4. The molecule has 9 heteroatoms. The zero-order valence-corrected chi connectivity index (χ0v) is 16.8. The van der Waals surface area contributed by atoms with Crippen molar-refractivity contribution in [3.8, 4) is 5.75 Å². The molecule has 4 aromatic rings. The summed E-state index contributed by atoms with van der Waals surface area (Å²) in [5, 5.41) is 9.89. The molecule has 0 fully saturated rings. The van der Waals surface area contributed by atoms with Crippen molar-refractivity contribution < 1.29 is 13.9 Å². The Labute approximate surface area is 176 Å². The number of carbonyl (C=O) groups is 1. The number of carbonyl (C=O) groups excluding carboxylic acids is 1. The first-order valence-corrected chi connectivity index (χ1v) is 9.66. The smallest absolute Gasteiger partial charge is 0.268 e. The first-order valence-electron chi connectivity index (χ1n) is 9.66. The normalized spacial score (nSPS) is 14.5. The Balaban J connectivity index is 1.38. The molecule has 0 aliphatic carbocycles. The minimum Gasteiger partial charge on any atom is -0.476 e. The van der Waals surface area contributed by atoms with E-state index in [1.54, 1.807) is 32.0 Å². The van der Waals surface area contributed by atoms with Crippen LogP contribution in [-0.4, -0.2) is 26.5 Å². The minimum absolute atomic E-state index is 0.00165. The number of nitrogens with zero attached hydrogens (tertiary/aromatic N) is 2. The van der Waals surface area contributed by atoms with Crippen LogP contribution in [0, 0.1) is 5.82 Å². The lowest BCUT2D eigenvalue weighted by molar-refractivity contribution is -0.129. The van der Waals surface area contributed by atoms with Crippen molar-refractivity contribution in [1.29, 1.82) is 0 Å². The number of fused-ring (bicyclic) bond motifs is 2. The molecule has 0 unspecified atom stereocenters. The van der Waals surface area contributed by atoms with E-state index in [2.05, 4.69) is 30.9 Å². The van der Waals surface area contributed by atoms with Crippen LogP contribution in [0.25, 0.3) is 10.9 Å². The third-order valence-corrected chi connectivity index (χ3v) is 4.96. The first kappa shape index (κ1) is 18.9. The maximum absolute atomic E-state index is 14.3. The van der Waals surface area contributed by atoms with E-state index in [1.807, 2.05) is 30.5 Å². The largest absolute Gasteiger partial charge is 0.476 e. The summed E-state index contributed by atoms with van der Waals surface area (Å²) in [7, 11) is 0. The van der Waals surface area contributed by atoms with Crippen molar-refractivity contribution in [2.75, 3.05) is 16.0 Å². The van der Waals surface area contributed by atoms with E-state index < -0.39 is 11.4 Å². The van der Waals surface area contributed by atoms with Gasteiger partial charge in [0.15, 0.2) is 17.2 Å². The number of anilines is 5. The molecular weight excluding hydrogens is 399 g/mol. The monoisotopic (exact) mass is 418 g/mol. The minimum atomic E-state index is -0.954. The number of ether oxygens (including phenoxy) is 1. The third-order valence-electron chi connectivity index (χ3n) is 4.96. The molecule has 1 aliphatic heterocycles. The molecule has 1 amide bonds. The van der Waals surface area contributed by atoms with Crippen LogP contribution in [0.4, 0.5) is 33.2 Å². The number of hydrogen-bond donors (Lipinski definition) is 4. The maximum atomic E-state index is 14.3. The fourth-order valence-electron chi connectivity index (χ4n) is 3.29. The Hall–Kier alpha value is -4.14. The van der Waals surface area contributed by atoms with Gasteiger partial charge >= 0.3 is 0 Å². The van der Waals surface area contributed by atoms with E-state index in [0.29, 0.717) is 17.1 Å². The molecule has 0 radical (unpaired) electrons. The van der Waals surface area contributed by atoms with Gasteiger partial charge in [0, 0.05) is 23.1 Å². The lowest BCUT2D eigenvalue weighted by Crippen LogP contribution is -2.45. The van der Waals surface area contributed by atoms with Crippen LogP contribution in [0.2, 0.25) is 0 Å². The lowest BCUT2D eigenvalue weighted by Gasteiger charge is -2.31. The molecule has 4 N–H and O–H groups in total. The topological polar surface area (TPSA) is 104 Å². The van der Waals surface area contributed by atoms with Gasteiger partial charge in [-0.3, -0.25) is 4.79 Å². The third kappa shape index (κ3) is 3.61. The van der Waals surface area contributed by atoms with Crippen molar-refractivity contribution in [2.24, 2.45) is 0 Å². The van der Waals surface area contributed by atoms with Crippen LogP contribution in [-0.2, 0) is 4.79 Å². The summed E-state index contributed by atoms with van der Waals surface area (Å²) < 4.78 is 20.1. The fraction of sp³-hybridized carbons (Fsp3) is 0.136. The molecule has 8 nitrogen and oxygen atoms in total. The Kier molecular flexibility index (Phi) is 4.25. The summed E-state index contributed by atoms with van der Waals surface area (Å²) in [5.74, 6) is -0.0753. The SMILES string of the molecule is CC1(C)Oc2ccc(Nc3nc(Nc4ccc5cc[nH]c5c4)ncc3F)cc2NC1=O. The highest BCUT2D eigenvalue weighted by Crippen LogP contribution is 2.36. The van der Waals surface area contributed by atoms with Gasteiger partial charge in [-0.05, 0) is 55.6 Å². The van der Waals surface area contributed by atoms with Gasteiger partial charge in [-0.25, -0.2) is 9.37 Å². The second-order valence-electron chi connectivity index (χ2n) is 7.70. The Morgan fingerprint density at radius 1 is 1.06 bits per heavy atom. The van der Waals surface area contributed by atoms with Gasteiger partial charge in [-0.1, -0.05) is 6.07 Å². The van der Waals surface area contributed by atoms with E-state index in [9.17, 15) is 9.18 Å². The van der Waals surface area contributed by atoms with Crippen LogP contribution < -0.4 is 20.7 Å². The molecule has 5 rings (SSSR count). The summed E-state index contributed by atoms with van der Waals surface area (Å²) >= 11 is 0. The molecule has 0 saturated heterocycles. The van der Waals surface area contributed by atoms with E-state index in [-0.39, 0.29) is 17.7 Å². The summed E-state index contributed by atoms with van der Waals surface area (Å²) in [6.45, 7) is 3.38. The quantitative estimate of drug-likeness (QED) is 0.383. The molecule has 1 aliphatic rings. The number of aromatic nitrogens is 3. The molecular formula is C22H19FN6O2. The Morgan fingerprint density at radius 2 is 1.87 bits per heavy atom. The number of aromatic amines is 1. The average molecular weight is 418 g/mol. The highest BCUT2D eigenvalue weighted by molar-refractivity contribution is 6.00. The predicted octanol–water partition coefficient (Wildman–Crippen LogP) is 4.69. The second kappa shape index (κ2) is 6.98. The van der Waals surface area contributed by atoms with Gasteiger partial charge in [-0.15, -0.1) is 0 Å². The molecule has 0 saturated carbocycles. The summed E-state index contributed by atoms with van der Waals surface area (Å²) in [4.78, 5) is 23.5. The molecule has 0 bridgehead atoms. The number of nitrogens with one attached hydrogen (secondary N) is 4. The molecule has 2 aromatic heterocycles. The van der Waals surface area contributed by atoms with Crippen molar-refractivity contribution in [3.63, 3.8) is 0 Å². The van der Waals surface area contributed by atoms with Gasteiger partial charge in [-0.2, -0.15) is 4.98 Å². The van der Waals surface area contributed by atoms with Crippen molar-refractivity contribution in [3.05, 3.63) is 60.7 Å². The molecule has 0 spiro atoms. The van der Waals surface area contributed by atoms with E-state index in [1.165, 1.54) is 0 Å². The van der Waals surface area contributed by atoms with Gasteiger partial charge in [0.25, 0.3) is 5.91 Å². The molecule has 0 atom stereocenters. The van der Waals surface area contributed by atoms with E-state index >= 15 is 0 Å². The Bertz CT molecular complexity index is 1320. The number of H-pyrrole nitrogens is 1. The van der Waals surface area contributed by atoms with Crippen molar-refractivity contribution in [2.45, 2.75) is 19.4 Å². The van der Waals surface area contributed by atoms with E-state index in [4.69, 9.17) is 4.74 Å². The van der Waals surface area contributed by atoms with Crippen LogP contribution in [0.3, 0.4) is 0 Å². The van der Waals surface area contributed by atoms with Crippen LogP contribution in [0.1, 0.15) is 13.8 Å². The predicted molar refractivity (Wildman–Crippen MR) is 117 cm³/mol. The Morgan fingerprint density at radius 3 is 2.74 bits per heavy atom. The molecule has 156 valence electrons. The van der Waals surface area contributed by atoms with E-state index in [0.717, 1.165) is 22.8 Å². The summed E-state index contributed by atoms with van der Waals surface area (Å²) in [5.41, 5.74) is 1.82. The highest BCUT2D eigenvalue weighted by atomic mass is 19.1. The van der Waals surface area contributed by atoms with Crippen LogP contribution in [0.15, 0.2) is 54.9 Å². The van der Waals surface area contributed by atoms with Gasteiger partial charge < -0.3 is 25.7 Å². The van der Waals surface area contributed by atoms with Gasteiger partial charge in [0.2, 0.25) is 5.95 Å². The molecule has 2 aromatic carbocycles. The summed E-state index contributed by atoms with van der Waals surface area (Å²) in [6.07, 6.45) is 2.95. The van der Waals surface area contributed by atoms with Crippen LogP contribution >= 0.6 is 0 Å². The molecule has 31 heavy (non-hydrogen) atoms. The van der Waals surface area contributed by atoms with Gasteiger partial charge in [0.1, 0.15) is 5.75 Å². The number of benzene rings is 2. The zero-order chi connectivity index (χ0) is 21.6.